The van der Waals surface area contributed by atoms with Crippen LogP contribution in [0.15, 0.2) is 60.8 Å². The number of amides is 6. The van der Waals surface area contributed by atoms with E-state index in [1.165, 1.54) is 14.0 Å². The summed E-state index contributed by atoms with van der Waals surface area (Å²) in [6.45, 7) is 7.76. The minimum atomic E-state index is -2.96. The molecule has 0 unspecified atom stereocenters. The van der Waals surface area contributed by atoms with Crippen molar-refractivity contribution in [3.05, 3.63) is 83.3 Å². The molecule has 16 nitrogen and oxygen atoms in total. The number of nitrogens with one attached hydrogen (secondary N) is 7. The Morgan fingerprint density at radius 1 is 0.833 bits per heavy atom. The molecule has 0 bridgehead atoms. The Hall–Kier alpha value is -6.33. The molecule has 7 N–H and O–H groups in total. The van der Waals surface area contributed by atoms with Crippen LogP contribution in [0.4, 0.5) is 8.78 Å². The van der Waals surface area contributed by atoms with E-state index in [2.05, 4.69) is 41.8 Å². The highest BCUT2D eigenvalue weighted by Gasteiger charge is 2.34. The summed E-state index contributed by atoms with van der Waals surface area (Å²) in [7, 11) is 1.52. The van der Waals surface area contributed by atoms with Crippen LogP contribution in [0.5, 0.6) is 5.75 Å². The normalized spacial score (nSPS) is 21.6. The van der Waals surface area contributed by atoms with Crippen LogP contribution in [0, 0.1) is 11.8 Å². The first-order valence-corrected chi connectivity index (χ1v) is 19.8. The number of para-hydroxylation sites is 1. The number of hydrogen-bond acceptors (Lipinski definition) is 8. The molecule has 2 aromatic heterocycles. The number of aromatic amines is 2. The molecule has 60 heavy (non-hydrogen) atoms. The molecule has 1 aliphatic rings. The topological polar surface area (TPSA) is 220 Å². The van der Waals surface area contributed by atoms with Crippen molar-refractivity contribution in [2.24, 2.45) is 11.8 Å². The predicted octanol–water partition coefficient (Wildman–Crippen LogP) is 2.92. The quantitative estimate of drug-likeness (QED) is 0.126. The molecule has 1 saturated heterocycles. The maximum Gasteiger partial charge on any atom is 0.279 e. The highest BCUT2D eigenvalue weighted by Crippen LogP contribution is 2.21. The molecule has 5 atom stereocenters. The minimum Gasteiger partial charge on any atom is -0.497 e. The Morgan fingerprint density at radius 3 is 2.13 bits per heavy atom. The molecule has 6 amide bonds. The fourth-order valence-electron chi connectivity index (χ4n) is 6.88. The molecular formula is C42H53F2N9O7. The molecule has 0 spiro atoms. The van der Waals surface area contributed by atoms with Gasteiger partial charge in [0.25, 0.3) is 12.3 Å². The summed E-state index contributed by atoms with van der Waals surface area (Å²) in [6.07, 6.45) is -1.11. The number of methoxy groups -OCH3 is 1. The van der Waals surface area contributed by atoms with E-state index >= 15 is 0 Å². The van der Waals surface area contributed by atoms with Gasteiger partial charge in [0.2, 0.25) is 29.5 Å². The number of H-pyrrole nitrogens is 2. The van der Waals surface area contributed by atoms with E-state index in [0.717, 1.165) is 21.9 Å². The van der Waals surface area contributed by atoms with E-state index in [0.29, 0.717) is 16.9 Å². The third-order valence-corrected chi connectivity index (χ3v) is 10.3. The van der Waals surface area contributed by atoms with E-state index in [-0.39, 0.29) is 37.6 Å². The fraction of sp³-hybridized carbons (Fsp3) is 0.452. The third kappa shape index (κ3) is 11.7. The van der Waals surface area contributed by atoms with Gasteiger partial charge in [-0.25, -0.2) is 8.78 Å². The van der Waals surface area contributed by atoms with Crippen LogP contribution in [0.25, 0.3) is 10.9 Å². The first-order chi connectivity index (χ1) is 28.5. The van der Waals surface area contributed by atoms with E-state index in [9.17, 15) is 37.5 Å². The minimum absolute atomic E-state index is 0.0175. The molecule has 3 heterocycles. The summed E-state index contributed by atoms with van der Waals surface area (Å²) in [5.41, 5.74) is 1.13. The number of benzene rings is 2. The molecule has 5 rings (SSSR count). The van der Waals surface area contributed by atoms with Crippen LogP contribution in [0.3, 0.4) is 0 Å². The van der Waals surface area contributed by atoms with Gasteiger partial charge in [-0.3, -0.25) is 33.9 Å². The van der Waals surface area contributed by atoms with Gasteiger partial charge < -0.3 is 41.2 Å². The van der Waals surface area contributed by atoms with Crippen LogP contribution in [0.1, 0.15) is 74.8 Å². The Bertz CT molecular complexity index is 2150. The number of fused-ring (bicyclic) bond motifs is 1. The fourth-order valence-corrected chi connectivity index (χ4v) is 6.88. The summed E-state index contributed by atoms with van der Waals surface area (Å²) < 4.78 is 32.3. The Labute approximate surface area is 346 Å². The van der Waals surface area contributed by atoms with Gasteiger partial charge in [-0.05, 0) is 60.6 Å². The van der Waals surface area contributed by atoms with Gasteiger partial charge in [0.1, 0.15) is 35.6 Å². The molecule has 2 aromatic carbocycles. The number of rotatable bonds is 10. The third-order valence-electron chi connectivity index (χ3n) is 10.3. The lowest BCUT2D eigenvalue weighted by atomic mass is 9.99. The summed E-state index contributed by atoms with van der Waals surface area (Å²) in [5, 5.41) is 20.6. The first-order valence-electron chi connectivity index (χ1n) is 19.8. The van der Waals surface area contributed by atoms with Crippen LogP contribution in [-0.4, -0.2) is 106 Å². The number of carbonyl (C=O) groups excluding carboxylic acids is 6. The van der Waals surface area contributed by atoms with E-state index in [1.54, 1.807) is 44.3 Å². The zero-order chi connectivity index (χ0) is 43.7. The molecule has 18 heteroatoms. The van der Waals surface area contributed by atoms with E-state index < -0.39 is 90.0 Å². The Kier molecular flexibility index (Phi) is 15.0. The van der Waals surface area contributed by atoms with Crippen molar-refractivity contribution in [2.45, 2.75) is 90.5 Å². The molecule has 0 aliphatic carbocycles. The van der Waals surface area contributed by atoms with Gasteiger partial charge in [0.15, 0.2) is 5.69 Å². The van der Waals surface area contributed by atoms with Crippen LogP contribution in [0.2, 0.25) is 0 Å². The zero-order valence-corrected chi connectivity index (χ0v) is 34.4. The summed E-state index contributed by atoms with van der Waals surface area (Å²) in [4.78, 5) is 88.4. The average Bonchev–Trinajstić information content (AvgIpc) is 3.87. The Morgan fingerprint density at radius 2 is 1.48 bits per heavy atom. The van der Waals surface area contributed by atoms with Crippen molar-refractivity contribution < 1.29 is 42.3 Å². The summed E-state index contributed by atoms with van der Waals surface area (Å²) in [6, 6.07) is 9.53. The van der Waals surface area contributed by atoms with Gasteiger partial charge in [-0.1, -0.05) is 58.0 Å². The maximum atomic E-state index is 14.4. The summed E-state index contributed by atoms with van der Waals surface area (Å²) in [5.74, 6) is -4.23. The average molecular weight is 834 g/mol. The van der Waals surface area contributed by atoms with Gasteiger partial charge in [-0.15, -0.1) is 0 Å². The highest BCUT2D eigenvalue weighted by atomic mass is 19.3. The van der Waals surface area contributed by atoms with Gasteiger partial charge in [0.05, 0.1) is 13.7 Å². The van der Waals surface area contributed by atoms with Crippen molar-refractivity contribution >= 4 is 46.3 Å². The second-order valence-electron chi connectivity index (χ2n) is 15.8. The largest absolute Gasteiger partial charge is 0.497 e. The number of aromatic nitrogens is 3. The number of halogens is 2. The molecule has 1 fully saturated rings. The zero-order valence-electron chi connectivity index (χ0n) is 34.4. The first kappa shape index (κ1) is 44.8. The highest BCUT2D eigenvalue weighted by molar-refractivity contribution is 5.98. The lowest BCUT2D eigenvalue weighted by Gasteiger charge is -2.32. The monoisotopic (exact) mass is 833 g/mol. The smallest absolute Gasteiger partial charge is 0.279 e. The molecule has 1 aliphatic heterocycles. The Balaban J connectivity index is 1.55. The number of nitrogens with zero attached hydrogens (tertiary/aromatic N) is 2. The molecule has 0 saturated carbocycles. The molecular weight excluding hydrogens is 781 g/mol. The van der Waals surface area contributed by atoms with Crippen LogP contribution in [-0.2, 0) is 36.8 Å². The van der Waals surface area contributed by atoms with Crippen molar-refractivity contribution in [1.29, 1.82) is 0 Å². The van der Waals surface area contributed by atoms with Gasteiger partial charge in [0, 0.05) is 42.5 Å². The van der Waals surface area contributed by atoms with Crippen LogP contribution >= 0.6 is 0 Å². The molecule has 4 aromatic rings. The van der Waals surface area contributed by atoms with Crippen LogP contribution < -0.4 is 31.3 Å². The predicted molar refractivity (Wildman–Crippen MR) is 218 cm³/mol. The van der Waals surface area contributed by atoms with E-state index in [1.807, 2.05) is 38.1 Å². The second-order valence-corrected chi connectivity index (χ2v) is 15.8. The second kappa shape index (κ2) is 20.1. The molecule has 322 valence electrons. The van der Waals surface area contributed by atoms with Gasteiger partial charge in [-0.2, -0.15) is 5.10 Å². The SMILES string of the molecule is COc1ccc(C[C@@H]2NC(=O)[C@H](CC(C)C)NC(=O)[C@@H](Cc3c[nH]c4ccccc34)NC(=O)CN(C(=O)c3cc(C(F)F)[nH]n3)C[C@H](C(C)C)NC(=O)[C@@H](C)NC2=O)cc1. The van der Waals surface area contributed by atoms with E-state index in [4.69, 9.17) is 4.74 Å². The van der Waals surface area contributed by atoms with Crippen molar-refractivity contribution in [3.8, 4) is 5.75 Å². The summed E-state index contributed by atoms with van der Waals surface area (Å²) >= 11 is 0. The van der Waals surface area contributed by atoms with Crippen molar-refractivity contribution in [3.63, 3.8) is 0 Å². The number of carbonyl (C=O) groups is 6. The number of ether oxygens (including phenoxy) is 1. The lowest BCUT2D eigenvalue weighted by Crippen LogP contribution is -2.60. The maximum absolute atomic E-state index is 14.4. The number of hydrogen-bond donors (Lipinski definition) is 7. The van der Waals surface area contributed by atoms with Crippen molar-refractivity contribution in [2.75, 3.05) is 20.2 Å². The van der Waals surface area contributed by atoms with Crippen molar-refractivity contribution in [1.82, 2.24) is 46.7 Å². The van der Waals surface area contributed by atoms with Gasteiger partial charge >= 0.3 is 0 Å². The standard InChI is InChI=1S/C42H53F2N9O7/c1-22(2)15-31-40(57)49-32(16-25-11-13-27(60-6)14-12-25)39(56)46-24(5)38(55)50-35(23(3)4)20-53(42(59)34-18-30(37(43)44)51-52-34)21-36(54)47-33(41(58)48-31)17-26-19-45-29-10-8-7-9-28(26)29/h7-14,18-19,22-24,31-33,35,37,45H,15-17,20-21H2,1-6H3,(H,46,56)(H,47,54)(H,48,58)(H,49,57)(H,50,55)(H,51,52)/t24-,31+,32+,33-,35-/m1/s1. The molecule has 0 radical (unpaired) electrons. The lowest BCUT2D eigenvalue weighted by molar-refractivity contribution is -0.135. The number of alkyl halides is 2.